The molecule has 114 valence electrons. The van der Waals surface area contributed by atoms with Gasteiger partial charge >= 0.3 is 0 Å². The number of hydrogen-bond donors (Lipinski definition) is 0. The van der Waals surface area contributed by atoms with Crippen LogP contribution in [0, 0.1) is 5.41 Å². The lowest BCUT2D eigenvalue weighted by Gasteiger charge is -2.44. The summed E-state index contributed by atoms with van der Waals surface area (Å²) < 4.78 is 6.71. The first-order chi connectivity index (χ1) is 8.99. The average Bonchev–Trinajstić information content (AvgIpc) is 2.61. The van der Waals surface area contributed by atoms with Crippen LogP contribution in [0.2, 0.25) is 18.1 Å². The van der Waals surface area contributed by atoms with Gasteiger partial charge in [0, 0.05) is 11.8 Å². The number of carbonyl (C=O) groups excluding carboxylic acids is 1. The highest BCUT2D eigenvalue weighted by molar-refractivity contribution is 6.74. The molecule has 2 atom stereocenters. The summed E-state index contributed by atoms with van der Waals surface area (Å²) in [5.74, 6) is 0.352. The Morgan fingerprint density at radius 3 is 2.40 bits per heavy atom. The van der Waals surface area contributed by atoms with Crippen molar-refractivity contribution in [1.29, 1.82) is 0 Å². The largest absolute Gasteiger partial charge is 0.413 e. The lowest BCUT2D eigenvalue weighted by molar-refractivity contribution is -0.117. The second-order valence-electron chi connectivity index (χ2n) is 8.35. The van der Waals surface area contributed by atoms with Crippen molar-refractivity contribution >= 4 is 14.1 Å². The molecule has 0 aromatic rings. The predicted octanol–water partition coefficient (Wildman–Crippen LogP) is 4.86. The van der Waals surface area contributed by atoms with E-state index in [1.165, 1.54) is 5.57 Å². The Bertz CT molecular complexity index is 456. The second-order valence-corrected chi connectivity index (χ2v) is 13.1. The number of hydrogen-bond acceptors (Lipinski definition) is 2. The van der Waals surface area contributed by atoms with Gasteiger partial charge < -0.3 is 4.43 Å². The van der Waals surface area contributed by atoms with E-state index in [-0.39, 0.29) is 10.5 Å². The van der Waals surface area contributed by atoms with Gasteiger partial charge in [-0.1, -0.05) is 33.3 Å². The number of ketones is 1. The fraction of sp³-hybridized carbons (Fsp3) is 0.824. The van der Waals surface area contributed by atoms with Crippen LogP contribution in [0.25, 0.3) is 0 Å². The zero-order valence-corrected chi connectivity index (χ0v) is 15.2. The number of fused-ring (bicyclic) bond motifs is 1. The van der Waals surface area contributed by atoms with E-state index in [0.717, 1.165) is 24.8 Å². The van der Waals surface area contributed by atoms with E-state index < -0.39 is 8.32 Å². The number of Topliss-reactive ketones (excluding diaryl/α,β-unsaturated/α-hetero) is 1. The molecule has 2 nitrogen and oxygen atoms in total. The molecule has 2 rings (SSSR count). The maximum Gasteiger partial charge on any atom is 0.192 e. The third-order valence-electron chi connectivity index (χ3n) is 6.04. The SMILES string of the molecule is CC1=C2CCC(O[Si](C)(C)C(C)(C)C)[C@@]2(C)CCC1=O. The average molecular weight is 295 g/mol. The smallest absolute Gasteiger partial charge is 0.192 e. The standard InChI is InChI=1S/C17H30O2Si/c1-12-13-8-9-15(17(13,5)11-10-14(12)18)19-20(6,7)16(2,3)4/h15H,8-11H2,1-7H3/t15?,17-/m0/s1. The topological polar surface area (TPSA) is 26.3 Å². The van der Waals surface area contributed by atoms with Crippen LogP contribution in [0.4, 0.5) is 0 Å². The minimum atomic E-state index is -1.74. The van der Waals surface area contributed by atoms with Gasteiger partial charge in [-0.25, -0.2) is 0 Å². The second kappa shape index (κ2) is 4.81. The van der Waals surface area contributed by atoms with Crippen molar-refractivity contribution in [3.8, 4) is 0 Å². The van der Waals surface area contributed by atoms with Gasteiger partial charge in [0.25, 0.3) is 0 Å². The van der Waals surface area contributed by atoms with E-state index in [9.17, 15) is 4.79 Å². The third kappa shape index (κ3) is 2.43. The Labute approximate surface area is 125 Å². The molecule has 0 N–H and O–H groups in total. The number of allylic oxidation sites excluding steroid dienone is 1. The van der Waals surface area contributed by atoms with Gasteiger partial charge in [0.05, 0.1) is 6.10 Å². The Hall–Kier alpha value is -0.413. The monoisotopic (exact) mass is 294 g/mol. The molecule has 0 spiro atoms. The van der Waals surface area contributed by atoms with Gasteiger partial charge in [-0.3, -0.25) is 4.79 Å². The molecule has 1 saturated carbocycles. The Morgan fingerprint density at radius 1 is 1.25 bits per heavy atom. The normalized spacial score (nSPS) is 31.8. The van der Waals surface area contributed by atoms with Crippen LogP contribution in [-0.2, 0) is 9.22 Å². The molecule has 0 radical (unpaired) electrons. The summed E-state index contributed by atoms with van der Waals surface area (Å²) in [4.78, 5) is 11.9. The molecule has 20 heavy (non-hydrogen) atoms. The van der Waals surface area contributed by atoms with Crippen LogP contribution < -0.4 is 0 Å². The summed E-state index contributed by atoms with van der Waals surface area (Å²) in [6, 6.07) is 0. The van der Waals surface area contributed by atoms with Crippen molar-refractivity contribution in [2.45, 2.75) is 84.5 Å². The molecule has 3 heteroatoms. The molecule has 0 aliphatic heterocycles. The van der Waals surface area contributed by atoms with E-state index in [2.05, 4.69) is 40.8 Å². The highest BCUT2D eigenvalue weighted by Crippen LogP contribution is 2.53. The van der Waals surface area contributed by atoms with Crippen molar-refractivity contribution in [3.63, 3.8) is 0 Å². The molecule has 0 aromatic heterocycles. The first-order valence-electron chi connectivity index (χ1n) is 7.90. The van der Waals surface area contributed by atoms with Gasteiger partial charge in [0.1, 0.15) is 0 Å². The maximum absolute atomic E-state index is 11.9. The van der Waals surface area contributed by atoms with Crippen LogP contribution in [0.3, 0.4) is 0 Å². The Balaban J connectivity index is 2.27. The van der Waals surface area contributed by atoms with Crippen LogP contribution in [0.5, 0.6) is 0 Å². The fourth-order valence-electron chi connectivity index (χ4n) is 3.45. The molecule has 2 aliphatic rings. The van der Waals surface area contributed by atoms with Gasteiger partial charge in [0.2, 0.25) is 0 Å². The van der Waals surface area contributed by atoms with Crippen LogP contribution >= 0.6 is 0 Å². The quantitative estimate of drug-likeness (QED) is 0.680. The molecule has 0 bridgehead atoms. The molecule has 1 fully saturated rings. The summed E-state index contributed by atoms with van der Waals surface area (Å²) in [6.45, 7) is 15.9. The Morgan fingerprint density at radius 2 is 1.85 bits per heavy atom. The number of carbonyl (C=O) groups is 1. The molecular weight excluding hydrogens is 264 g/mol. The lowest BCUT2D eigenvalue weighted by Crippen LogP contribution is -2.47. The van der Waals surface area contributed by atoms with E-state index in [4.69, 9.17) is 4.43 Å². The molecule has 2 aliphatic carbocycles. The van der Waals surface area contributed by atoms with Crippen LogP contribution in [0.15, 0.2) is 11.1 Å². The van der Waals surface area contributed by atoms with Gasteiger partial charge in [-0.15, -0.1) is 0 Å². The van der Waals surface area contributed by atoms with Crippen LogP contribution in [0.1, 0.15) is 60.3 Å². The van der Waals surface area contributed by atoms with Gasteiger partial charge in [-0.2, -0.15) is 0 Å². The molecule has 0 saturated heterocycles. The van der Waals surface area contributed by atoms with Crippen molar-refractivity contribution in [1.82, 2.24) is 0 Å². The highest BCUT2D eigenvalue weighted by atomic mass is 28.4. The summed E-state index contributed by atoms with van der Waals surface area (Å²) >= 11 is 0. The van der Waals surface area contributed by atoms with Crippen molar-refractivity contribution in [3.05, 3.63) is 11.1 Å². The lowest BCUT2D eigenvalue weighted by atomic mass is 9.72. The summed E-state index contributed by atoms with van der Waals surface area (Å²) in [7, 11) is -1.74. The highest BCUT2D eigenvalue weighted by Gasteiger charge is 2.50. The van der Waals surface area contributed by atoms with E-state index in [1.54, 1.807) is 0 Å². The number of rotatable bonds is 2. The van der Waals surface area contributed by atoms with Gasteiger partial charge in [-0.05, 0) is 49.9 Å². The molecule has 0 heterocycles. The van der Waals surface area contributed by atoms with E-state index >= 15 is 0 Å². The fourth-order valence-corrected chi connectivity index (χ4v) is 4.89. The first-order valence-corrected chi connectivity index (χ1v) is 10.8. The molecule has 0 amide bonds. The zero-order valence-electron chi connectivity index (χ0n) is 14.2. The minimum absolute atomic E-state index is 0.105. The summed E-state index contributed by atoms with van der Waals surface area (Å²) in [5, 5.41) is 0.245. The summed E-state index contributed by atoms with van der Waals surface area (Å²) in [6.07, 6.45) is 4.11. The Kier molecular flexibility index (Phi) is 3.84. The first kappa shape index (κ1) is 16.0. The van der Waals surface area contributed by atoms with Gasteiger partial charge in [0.15, 0.2) is 14.1 Å². The summed E-state index contributed by atoms with van der Waals surface area (Å²) in [5.41, 5.74) is 2.52. The predicted molar refractivity (Wildman–Crippen MR) is 86.4 cm³/mol. The minimum Gasteiger partial charge on any atom is -0.413 e. The van der Waals surface area contributed by atoms with Crippen molar-refractivity contribution < 1.29 is 9.22 Å². The third-order valence-corrected chi connectivity index (χ3v) is 10.5. The van der Waals surface area contributed by atoms with Crippen LogP contribution in [-0.4, -0.2) is 20.2 Å². The van der Waals surface area contributed by atoms with Crippen molar-refractivity contribution in [2.24, 2.45) is 5.41 Å². The maximum atomic E-state index is 11.9. The van der Waals surface area contributed by atoms with E-state index in [1.807, 2.05) is 6.92 Å². The van der Waals surface area contributed by atoms with E-state index in [0.29, 0.717) is 18.3 Å². The molecule has 0 aromatic carbocycles. The van der Waals surface area contributed by atoms with Crippen molar-refractivity contribution in [2.75, 3.05) is 0 Å². The molecular formula is C17H30O2Si. The zero-order chi connectivity index (χ0) is 15.3. The molecule has 1 unspecified atom stereocenters.